The molecule has 5 nitrogen and oxygen atoms in total. The molecule has 2 aromatic heterocycles. The van der Waals surface area contributed by atoms with Gasteiger partial charge in [0.25, 0.3) is 0 Å². The molecule has 0 radical (unpaired) electrons. The zero-order valence-corrected chi connectivity index (χ0v) is 14.2. The average Bonchev–Trinajstić information content (AvgIpc) is 3.23. The van der Waals surface area contributed by atoms with Crippen molar-refractivity contribution in [1.29, 1.82) is 0 Å². The van der Waals surface area contributed by atoms with Crippen molar-refractivity contribution in [3.8, 4) is 0 Å². The molecule has 0 aliphatic carbocycles. The van der Waals surface area contributed by atoms with Gasteiger partial charge in [-0.05, 0) is 34.5 Å². The lowest BCUT2D eigenvalue weighted by Crippen LogP contribution is -2.19. The number of benzene rings is 2. The van der Waals surface area contributed by atoms with Crippen LogP contribution in [-0.2, 0) is 17.8 Å². The van der Waals surface area contributed by atoms with Crippen LogP contribution in [0.2, 0.25) is 0 Å². The third-order valence-corrected chi connectivity index (χ3v) is 4.89. The first kappa shape index (κ1) is 15.5. The largest absolute Gasteiger partial charge is 0.324 e. The molecule has 4 aromatic rings. The van der Waals surface area contributed by atoms with E-state index in [1.165, 1.54) is 15.6 Å². The van der Waals surface area contributed by atoms with Crippen LogP contribution >= 0.6 is 11.3 Å². The normalized spacial score (nSPS) is 10.9. The molecule has 0 aliphatic heterocycles. The number of anilines is 1. The number of aromatic nitrogens is 3. The molecule has 124 valence electrons. The van der Waals surface area contributed by atoms with Gasteiger partial charge in [0.05, 0.1) is 5.69 Å². The van der Waals surface area contributed by atoms with Gasteiger partial charge in [0.15, 0.2) is 0 Å². The van der Waals surface area contributed by atoms with Gasteiger partial charge in [0.1, 0.15) is 6.54 Å². The monoisotopic (exact) mass is 348 g/mol. The standard InChI is InChI=1S/C19H16N4OS/c24-19(20-15-6-2-1-3-7-15)12-23-11-16(21-22-23)10-14-13-25-18-9-5-4-8-17(14)18/h1-9,11,13H,10,12H2,(H,20,24). The topological polar surface area (TPSA) is 59.8 Å². The molecule has 4 rings (SSSR count). The Morgan fingerprint density at radius 1 is 1.08 bits per heavy atom. The van der Waals surface area contributed by atoms with Crippen molar-refractivity contribution in [2.75, 3.05) is 5.32 Å². The van der Waals surface area contributed by atoms with Gasteiger partial charge in [0, 0.05) is 23.0 Å². The van der Waals surface area contributed by atoms with Crippen molar-refractivity contribution < 1.29 is 4.79 Å². The number of nitrogens with zero attached hydrogens (tertiary/aromatic N) is 3. The first-order valence-corrected chi connectivity index (χ1v) is 8.85. The molecule has 25 heavy (non-hydrogen) atoms. The highest BCUT2D eigenvalue weighted by molar-refractivity contribution is 7.17. The van der Waals surface area contributed by atoms with E-state index >= 15 is 0 Å². The lowest BCUT2D eigenvalue weighted by Gasteiger charge is -2.04. The van der Waals surface area contributed by atoms with Gasteiger partial charge in [-0.3, -0.25) is 4.79 Å². The summed E-state index contributed by atoms with van der Waals surface area (Å²) in [5, 5.41) is 14.5. The Hall–Kier alpha value is -2.99. The molecular weight excluding hydrogens is 332 g/mol. The third kappa shape index (κ3) is 3.59. The smallest absolute Gasteiger partial charge is 0.246 e. The van der Waals surface area contributed by atoms with E-state index in [9.17, 15) is 4.79 Å². The maximum atomic E-state index is 12.1. The maximum absolute atomic E-state index is 12.1. The number of carbonyl (C=O) groups is 1. The van der Waals surface area contributed by atoms with E-state index in [4.69, 9.17) is 0 Å². The number of carbonyl (C=O) groups excluding carboxylic acids is 1. The fourth-order valence-electron chi connectivity index (χ4n) is 2.73. The van der Waals surface area contributed by atoms with E-state index in [0.29, 0.717) is 6.42 Å². The van der Waals surface area contributed by atoms with Crippen LogP contribution in [-0.4, -0.2) is 20.9 Å². The summed E-state index contributed by atoms with van der Waals surface area (Å²) in [7, 11) is 0. The van der Waals surface area contributed by atoms with Crippen molar-refractivity contribution in [1.82, 2.24) is 15.0 Å². The van der Waals surface area contributed by atoms with E-state index < -0.39 is 0 Å². The number of hydrogen-bond donors (Lipinski definition) is 1. The average molecular weight is 348 g/mol. The molecule has 6 heteroatoms. The Morgan fingerprint density at radius 2 is 1.88 bits per heavy atom. The lowest BCUT2D eigenvalue weighted by atomic mass is 10.1. The summed E-state index contributed by atoms with van der Waals surface area (Å²) in [4.78, 5) is 12.1. The molecule has 0 saturated carbocycles. The Bertz CT molecular complexity index is 1010. The predicted octanol–water partition coefficient (Wildman–Crippen LogP) is 3.72. The van der Waals surface area contributed by atoms with Crippen LogP contribution in [0, 0.1) is 0 Å². The summed E-state index contributed by atoms with van der Waals surface area (Å²) in [6.45, 7) is 0.145. The molecule has 0 spiro atoms. The minimum Gasteiger partial charge on any atom is -0.324 e. The van der Waals surface area contributed by atoms with E-state index in [2.05, 4.69) is 33.1 Å². The molecule has 2 heterocycles. The number of nitrogens with one attached hydrogen (secondary N) is 1. The van der Waals surface area contributed by atoms with E-state index in [1.807, 2.05) is 48.7 Å². The highest BCUT2D eigenvalue weighted by atomic mass is 32.1. The Kier molecular flexibility index (Phi) is 4.26. The van der Waals surface area contributed by atoms with Gasteiger partial charge in [-0.1, -0.05) is 41.6 Å². The number of amides is 1. The zero-order chi connectivity index (χ0) is 17.1. The van der Waals surface area contributed by atoms with Crippen LogP contribution in [0.25, 0.3) is 10.1 Å². The van der Waals surface area contributed by atoms with Gasteiger partial charge in [-0.15, -0.1) is 16.4 Å². The third-order valence-electron chi connectivity index (χ3n) is 3.88. The minimum atomic E-state index is -0.122. The maximum Gasteiger partial charge on any atom is 0.246 e. The molecule has 0 unspecified atom stereocenters. The van der Waals surface area contributed by atoms with Gasteiger partial charge >= 0.3 is 0 Å². The second-order valence-electron chi connectivity index (χ2n) is 5.76. The van der Waals surface area contributed by atoms with Gasteiger partial charge < -0.3 is 5.32 Å². The summed E-state index contributed by atoms with van der Waals surface area (Å²) in [5.74, 6) is -0.122. The molecule has 0 atom stereocenters. The molecule has 1 amide bonds. The predicted molar refractivity (Wildman–Crippen MR) is 99.7 cm³/mol. The van der Waals surface area contributed by atoms with E-state index in [1.54, 1.807) is 16.0 Å². The highest BCUT2D eigenvalue weighted by Crippen LogP contribution is 2.27. The molecule has 0 aliphatic rings. The van der Waals surface area contributed by atoms with Gasteiger partial charge in [-0.2, -0.15) is 0 Å². The van der Waals surface area contributed by atoms with Crippen LogP contribution in [0.5, 0.6) is 0 Å². The second-order valence-corrected chi connectivity index (χ2v) is 6.67. The van der Waals surface area contributed by atoms with Gasteiger partial charge in [-0.25, -0.2) is 4.68 Å². The fraction of sp³-hybridized carbons (Fsp3) is 0.105. The lowest BCUT2D eigenvalue weighted by molar-refractivity contribution is -0.116. The Balaban J connectivity index is 1.43. The number of rotatable bonds is 5. The summed E-state index contributed by atoms with van der Waals surface area (Å²) < 4.78 is 2.84. The second kappa shape index (κ2) is 6.86. The molecule has 1 N–H and O–H groups in total. The van der Waals surface area contributed by atoms with Crippen molar-refractivity contribution in [3.63, 3.8) is 0 Å². The number of hydrogen-bond acceptors (Lipinski definition) is 4. The van der Waals surface area contributed by atoms with E-state index in [0.717, 1.165) is 11.4 Å². The number of fused-ring (bicyclic) bond motifs is 1. The Morgan fingerprint density at radius 3 is 2.76 bits per heavy atom. The zero-order valence-electron chi connectivity index (χ0n) is 13.4. The highest BCUT2D eigenvalue weighted by Gasteiger charge is 2.09. The minimum absolute atomic E-state index is 0.122. The fourth-order valence-corrected chi connectivity index (χ4v) is 3.69. The molecule has 2 aromatic carbocycles. The summed E-state index contributed by atoms with van der Waals surface area (Å²) in [6.07, 6.45) is 2.54. The van der Waals surface area contributed by atoms with E-state index in [-0.39, 0.29) is 12.5 Å². The quantitative estimate of drug-likeness (QED) is 0.598. The summed E-state index contributed by atoms with van der Waals surface area (Å²) in [6, 6.07) is 17.7. The number of para-hydroxylation sites is 1. The SMILES string of the molecule is O=C(Cn1cc(Cc2csc3ccccc23)nn1)Nc1ccccc1. The molecule has 0 fully saturated rings. The summed E-state index contributed by atoms with van der Waals surface area (Å²) in [5.41, 5.74) is 2.87. The number of thiophene rings is 1. The summed E-state index contributed by atoms with van der Waals surface area (Å²) >= 11 is 1.73. The van der Waals surface area contributed by atoms with Crippen LogP contribution < -0.4 is 5.32 Å². The first-order valence-electron chi connectivity index (χ1n) is 7.97. The molecular formula is C19H16N4OS. The molecule has 0 bridgehead atoms. The van der Waals surface area contributed by atoms with Crippen molar-refractivity contribution in [3.05, 3.63) is 77.4 Å². The van der Waals surface area contributed by atoms with Gasteiger partial charge in [0.2, 0.25) is 5.91 Å². The van der Waals surface area contributed by atoms with Crippen LogP contribution in [0.4, 0.5) is 5.69 Å². The Labute approximate surface area is 148 Å². The van der Waals surface area contributed by atoms with Crippen molar-refractivity contribution in [2.45, 2.75) is 13.0 Å². The van der Waals surface area contributed by atoms with Crippen molar-refractivity contribution >= 4 is 33.0 Å². The first-order chi connectivity index (χ1) is 12.3. The van der Waals surface area contributed by atoms with Crippen molar-refractivity contribution in [2.24, 2.45) is 0 Å². The molecule has 0 saturated heterocycles. The van der Waals surface area contributed by atoms with Crippen LogP contribution in [0.15, 0.2) is 66.2 Å². The van der Waals surface area contributed by atoms with Crippen LogP contribution in [0.1, 0.15) is 11.3 Å². The van der Waals surface area contributed by atoms with Crippen LogP contribution in [0.3, 0.4) is 0 Å².